The number of benzene rings is 2. The summed E-state index contributed by atoms with van der Waals surface area (Å²) in [5, 5.41) is 0.487. The van der Waals surface area contributed by atoms with Crippen molar-refractivity contribution in [3.05, 3.63) is 71.3 Å². The van der Waals surface area contributed by atoms with E-state index < -0.39 is 10.1 Å². The second kappa shape index (κ2) is 6.31. The van der Waals surface area contributed by atoms with E-state index in [1.54, 1.807) is 42.5 Å². The molecule has 0 radical (unpaired) electrons. The number of hydrogen-bond donors (Lipinski definition) is 0. The van der Waals surface area contributed by atoms with Gasteiger partial charge in [-0.15, -0.1) is 0 Å². The van der Waals surface area contributed by atoms with Crippen molar-refractivity contribution in [1.29, 1.82) is 0 Å². The Bertz CT molecular complexity index is 982. The van der Waals surface area contributed by atoms with E-state index in [0.717, 1.165) is 0 Å². The van der Waals surface area contributed by atoms with E-state index in [-0.39, 0.29) is 23.6 Å². The summed E-state index contributed by atoms with van der Waals surface area (Å²) in [6, 6.07) is 14.9. The van der Waals surface area contributed by atoms with Crippen LogP contribution in [0.1, 0.15) is 0 Å². The van der Waals surface area contributed by atoms with Crippen LogP contribution < -0.4 is 5.56 Å². The summed E-state index contributed by atoms with van der Waals surface area (Å²) < 4.78 is 30.3. The third-order valence-corrected chi connectivity index (χ3v) is 4.66. The maximum atomic E-state index is 12.3. The van der Waals surface area contributed by atoms with Crippen LogP contribution in [-0.4, -0.2) is 24.6 Å². The van der Waals surface area contributed by atoms with Gasteiger partial charge >= 0.3 is 0 Å². The highest BCUT2D eigenvalue weighted by Gasteiger charge is 2.14. The predicted molar refractivity (Wildman–Crippen MR) is 85.6 cm³/mol. The van der Waals surface area contributed by atoms with Crippen molar-refractivity contribution in [1.82, 2.24) is 9.55 Å². The molecule has 0 N–H and O–H groups in total. The highest BCUT2D eigenvalue weighted by Crippen LogP contribution is 2.11. The van der Waals surface area contributed by atoms with Crippen molar-refractivity contribution >= 4 is 21.0 Å². The molecule has 0 bridgehead atoms. The SMILES string of the molecule is O=c1c2ccccc2ncn1CCOS(=O)(=O)c1ccccc1. The predicted octanol–water partition coefficient (Wildman–Crippen LogP) is 1.80. The Labute approximate surface area is 133 Å². The van der Waals surface area contributed by atoms with E-state index in [1.807, 2.05) is 0 Å². The zero-order chi connectivity index (χ0) is 16.3. The zero-order valence-corrected chi connectivity index (χ0v) is 12.9. The maximum absolute atomic E-state index is 12.3. The van der Waals surface area contributed by atoms with E-state index in [9.17, 15) is 13.2 Å². The van der Waals surface area contributed by atoms with Crippen molar-refractivity contribution in [3.8, 4) is 0 Å². The monoisotopic (exact) mass is 330 g/mol. The van der Waals surface area contributed by atoms with E-state index in [2.05, 4.69) is 4.98 Å². The molecule has 0 aliphatic carbocycles. The minimum atomic E-state index is -3.82. The fourth-order valence-corrected chi connectivity index (χ4v) is 3.09. The molecule has 0 saturated carbocycles. The van der Waals surface area contributed by atoms with Gasteiger partial charge in [0.05, 0.1) is 35.3 Å². The lowest BCUT2D eigenvalue weighted by Crippen LogP contribution is -2.23. The second-order valence-electron chi connectivity index (χ2n) is 4.85. The minimum absolute atomic E-state index is 0.0870. The third kappa shape index (κ3) is 3.30. The first kappa shape index (κ1) is 15.4. The van der Waals surface area contributed by atoms with Gasteiger partial charge in [0.1, 0.15) is 0 Å². The normalized spacial score (nSPS) is 11.7. The van der Waals surface area contributed by atoms with E-state index in [1.165, 1.54) is 23.0 Å². The van der Waals surface area contributed by atoms with E-state index in [4.69, 9.17) is 4.18 Å². The lowest BCUT2D eigenvalue weighted by molar-refractivity contribution is 0.298. The zero-order valence-electron chi connectivity index (χ0n) is 12.1. The van der Waals surface area contributed by atoms with Gasteiger partial charge in [0, 0.05) is 0 Å². The topological polar surface area (TPSA) is 78.3 Å². The van der Waals surface area contributed by atoms with Gasteiger partial charge in [0.2, 0.25) is 0 Å². The number of para-hydroxylation sites is 1. The fourth-order valence-electron chi connectivity index (χ4n) is 2.17. The van der Waals surface area contributed by atoms with Crippen molar-refractivity contribution in [2.45, 2.75) is 11.4 Å². The van der Waals surface area contributed by atoms with Gasteiger partial charge < -0.3 is 0 Å². The first-order chi connectivity index (χ1) is 11.1. The van der Waals surface area contributed by atoms with Gasteiger partial charge in [-0.1, -0.05) is 30.3 Å². The summed E-state index contributed by atoms with van der Waals surface area (Å²) in [5.41, 5.74) is 0.378. The van der Waals surface area contributed by atoms with Gasteiger partial charge in [-0.25, -0.2) is 4.98 Å². The van der Waals surface area contributed by atoms with Gasteiger partial charge in [0.25, 0.3) is 15.7 Å². The average molecular weight is 330 g/mol. The summed E-state index contributed by atoms with van der Waals surface area (Å²) in [6.07, 6.45) is 1.39. The molecule has 0 saturated heterocycles. The summed E-state index contributed by atoms with van der Waals surface area (Å²) in [4.78, 5) is 16.5. The average Bonchev–Trinajstić information content (AvgIpc) is 2.58. The van der Waals surface area contributed by atoms with Crippen molar-refractivity contribution in [3.63, 3.8) is 0 Å². The molecule has 118 valence electrons. The highest BCUT2D eigenvalue weighted by atomic mass is 32.2. The molecule has 3 rings (SSSR count). The van der Waals surface area contributed by atoms with Crippen LogP contribution in [0.25, 0.3) is 10.9 Å². The molecule has 0 amide bonds. The van der Waals surface area contributed by atoms with Crippen LogP contribution in [0.5, 0.6) is 0 Å². The molecule has 3 aromatic rings. The number of fused-ring (bicyclic) bond motifs is 1. The number of hydrogen-bond acceptors (Lipinski definition) is 5. The Kier molecular flexibility index (Phi) is 4.22. The lowest BCUT2D eigenvalue weighted by Gasteiger charge is -2.08. The smallest absolute Gasteiger partial charge is 0.296 e. The molecule has 0 aliphatic rings. The molecule has 0 unspecified atom stereocenters. The first-order valence-electron chi connectivity index (χ1n) is 6.96. The van der Waals surface area contributed by atoms with Gasteiger partial charge in [-0.2, -0.15) is 8.42 Å². The van der Waals surface area contributed by atoms with Crippen LogP contribution in [0.4, 0.5) is 0 Å². The standard InChI is InChI=1S/C16H14N2O4S/c19-16-14-8-4-5-9-15(14)17-12-18(16)10-11-22-23(20,21)13-6-2-1-3-7-13/h1-9,12H,10-11H2. The molecule has 2 aromatic carbocycles. The quantitative estimate of drug-likeness (QED) is 0.667. The third-order valence-electron chi connectivity index (χ3n) is 3.33. The summed E-state index contributed by atoms with van der Waals surface area (Å²) in [6.45, 7) is -0.0418. The summed E-state index contributed by atoms with van der Waals surface area (Å²) >= 11 is 0. The second-order valence-corrected chi connectivity index (χ2v) is 6.46. The fraction of sp³-hybridized carbons (Fsp3) is 0.125. The Morgan fingerprint density at radius 3 is 2.48 bits per heavy atom. The van der Waals surface area contributed by atoms with Crippen LogP contribution >= 0.6 is 0 Å². The van der Waals surface area contributed by atoms with E-state index >= 15 is 0 Å². The van der Waals surface area contributed by atoms with Gasteiger partial charge in [0.15, 0.2) is 0 Å². The number of rotatable bonds is 5. The molecule has 0 aliphatic heterocycles. The molecule has 0 spiro atoms. The Morgan fingerprint density at radius 2 is 1.70 bits per heavy atom. The van der Waals surface area contributed by atoms with Crippen molar-refractivity contribution in [2.75, 3.05) is 6.61 Å². The Balaban J connectivity index is 1.75. The van der Waals surface area contributed by atoms with Crippen LogP contribution in [-0.2, 0) is 20.8 Å². The number of aromatic nitrogens is 2. The summed E-state index contributed by atoms with van der Waals surface area (Å²) in [5.74, 6) is 0. The summed E-state index contributed by atoms with van der Waals surface area (Å²) in [7, 11) is -3.82. The molecule has 1 heterocycles. The molecule has 6 nitrogen and oxygen atoms in total. The largest absolute Gasteiger partial charge is 0.297 e. The van der Waals surface area contributed by atoms with Crippen LogP contribution in [0.2, 0.25) is 0 Å². The molecule has 0 atom stereocenters. The van der Waals surface area contributed by atoms with Crippen molar-refractivity contribution < 1.29 is 12.6 Å². The van der Waals surface area contributed by atoms with Crippen LogP contribution in [0.3, 0.4) is 0 Å². The highest BCUT2D eigenvalue weighted by molar-refractivity contribution is 7.86. The molecule has 7 heteroatoms. The van der Waals surface area contributed by atoms with Crippen molar-refractivity contribution in [2.24, 2.45) is 0 Å². The minimum Gasteiger partial charge on any atom is -0.296 e. The Morgan fingerprint density at radius 1 is 1.00 bits per heavy atom. The van der Waals surface area contributed by atoms with Crippen LogP contribution in [0.15, 0.2) is 70.6 Å². The van der Waals surface area contributed by atoms with Gasteiger partial charge in [-0.3, -0.25) is 13.5 Å². The van der Waals surface area contributed by atoms with Gasteiger partial charge in [-0.05, 0) is 24.3 Å². The van der Waals surface area contributed by atoms with E-state index in [0.29, 0.717) is 10.9 Å². The first-order valence-corrected chi connectivity index (χ1v) is 8.37. The Hall–Kier alpha value is -2.51. The maximum Gasteiger partial charge on any atom is 0.297 e. The number of nitrogens with zero attached hydrogens (tertiary/aromatic N) is 2. The molecular formula is C16H14N2O4S. The molecular weight excluding hydrogens is 316 g/mol. The van der Waals surface area contributed by atoms with Crippen LogP contribution in [0, 0.1) is 0 Å². The molecule has 0 fully saturated rings. The lowest BCUT2D eigenvalue weighted by atomic mass is 10.2. The molecule has 1 aromatic heterocycles. The molecule has 23 heavy (non-hydrogen) atoms.